The number of aliphatic hydroxyl groups is 1. The molecule has 1 saturated heterocycles. The maximum absolute atomic E-state index is 11.8. The van der Waals surface area contributed by atoms with E-state index in [1.54, 1.807) is 0 Å². The minimum Gasteiger partial charge on any atom is -0.396 e. The van der Waals surface area contributed by atoms with Crippen molar-refractivity contribution in [1.29, 1.82) is 0 Å². The Kier molecular flexibility index (Phi) is 6.52. The van der Waals surface area contributed by atoms with E-state index in [0.717, 1.165) is 25.8 Å². The summed E-state index contributed by atoms with van der Waals surface area (Å²) in [6.45, 7) is 5.78. The molecule has 0 aromatic heterocycles. The lowest BCUT2D eigenvalue weighted by Crippen LogP contribution is -2.47. The summed E-state index contributed by atoms with van der Waals surface area (Å²) in [7, 11) is 0. The van der Waals surface area contributed by atoms with Gasteiger partial charge in [-0.05, 0) is 39.2 Å². The van der Waals surface area contributed by atoms with Gasteiger partial charge in [-0.25, -0.2) is 0 Å². The minimum atomic E-state index is 0.115. The van der Waals surface area contributed by atoms with Gasteiger partial charge in [0.1, 0.15) is 0 Å². The summed E-state index contributed by atoms with van der Waals surface area (Å²) in [4.78, 5) is 14.0. The number of amides is 1. The molecule has 0 spiro atoms. The Morgan fingerprint density at radius 3 is 2.94 bits per heavy atom. The summed E-state index contributed by atoms with van der Waals surface area (Å²) >= 11 is 0. The van der Waals surface area contributed by atoms with Crippen LogP contribution in [0.15, 0.2) is 0 Å². The monoisotopic (exact) mass is 242 g/mol. The van der Waals surface area contributed by atoms with Crippen LogP contribution in [0, 0.1) is 0 Å². The van der Waals surface area contributed by atoms with Gasteiger partial charge in [-0.1, -0.05) is 13.3 Å². The zero-order chi connectivity index (χ0) is 12.7. The summed E-state index contributed by atoms with van der Waals surface area (Å²) in [6, 6.07) is 0.639. The second-order valence-corrected chi connectivity index (χ2v) is 5.01. The second kappa shape index (κ2) is 7.67. The lowest BCUT2D eigenvalue weighted by molar-refractivity contribution is -0.123. The van der Waals surface area contributed by atoms with E-state index in [1.807, 2.05) is 6.92 Å². The van der Waals surface area contributed by atoms with E-state index >= 15 is 0 Å². The van der Waals surface area contributed by atoms with Crippen LogP contribution in [0.25, 0.3) is 0 Å². The molecule has 2 unspecified atom stereocenters. The zero-order valence-electron chi connectivity index (χ0n) is 11.1. The number of rotatable bonds is 6. The van der Waals surface area contributed by atoms with E-state index in [1.165, 1.54) is 12.8 Å². The van der Waals surface area contributed by atoms with Crippen molar-refractivity contribution in [3.63, 3.8) is 0 Å². The van der Waals surface area contributed by atoms with Gasteiger partial charge in [0.05, 0.1) is 6.54 Å². The smallest absolute Gasteiger partial charge is 0.234 e. The van der Waals surface area contributed by atoms with E-state index in [9.17, 15) is 4.79 Å². The third kappa shape index (κ3) is 5.04. The molecule has 17 heavy (non-hydrogen) atoms. The number of carbonyl (C=O) groups excluding carboxylic acids is 1. The quantitative estimate of drug-likeness (QED) is 0.734. The molecular formula is C13H26N2O2. The molecule has 100 valence electrons. The molecule has 0 saturated carbocycles. The van der Waals surface area contributed by atoms with Crippen molar-refractivity contribution >= 4 is 5.91 Å². The highest BCUT2D eigenvalue weighted by Gasteiger charge is 2.23. The predicted molar refractivity (Wildman–Crippen MR) is 68.8 cm³/mol. The number of hydrogen-bond acceptors (Lipinski definition) is 3. The first-order chi connectivity index (χ1) is 8.17. The Labute approximate surface area is 104 Å². The molecule has 0 aliphatic carbocycles. The topological polar surface area (TPSA) is 52.6 Å². The number of nitrogens with one attached hydrogen (secondary N) is 1. The highest BCUT2D eigenvalue weighted by Crippen LogP contribution is 2.18. The number of piperidine rings is 1. The fourth-order valence-electron chi connectivity index (χ4n) is 2.35. The van der Waals surface area contributed by atoms with Crippen LogP contribution in [0.2, 0.25) is 0 Å². The maximum Gasteiger partial charge on any atom is 0.234 e. The number of aliphatic hydroxyl groups excluding tert-OH is 1. The van der Waals surface area contributed by atoms with Crippen LogP contribution in [0.4, 0.5) is 0 Å². The lowest BCUT2D eigenvalue weighted by atomic mass is 9.99. The van der Waals surface area contributed by atoms with Crippen LogP contribution >= 0.6 is 0 Å². The SMILES string of the molecule is CCC(C)NC(=O)CN1CCCCC1CCO. The van der Waals surface area contributed by atoms with E-state index < -0.39 is 0 Å². The molecule has 1 fully saturated rings. The fourth-order valence-corrected chi connectivity index (χ4v) is 2.35. The van der Waals surface area contributed by atoms with Crippen molar-refractivity contribution < 1.29 is 9.90 Å². The number of nitrogens with zero attached hydrogens (tertiary/aromatic N) is 1. The molecule has 1 heterocycles. The molecule has 0 radical (unpaired) electrons. The molecule has 0 aromatic carbocycles. The number of carbonyl (C=O) groups is 1. The summed E-state index contributed by atoms with van der Waals surface area (Å²) in [6.07, 6.45) is 5.24. The van der Waals surface area contributed by atoms with Gasteiger partial charge in [0, 0.05) is 18.7 Å². The Balaban J connectivity index is 2.38. The largest absolute Gasteiger partial charge is 0.396 e. The summed E-state index contributed by atoms with van der Waals surface area (Å²) < 4.78 is 0. The van der Waals surface area contributed by atoms with Crippen molar-refractivity contribution in [2.75, 3.05) is 19.7 Å². The van der Waals surface area contributed by atoms with Gasteiger partial charge in [-0.3, -0.25) is 9.69 Å². The van der Waals surface area contributed by atoms with Gasteiger partial charge in [0.15, 0.2) is 0 Å². The van der Waals surface area contributed by atoms with Crippen LogP contribution < -0.4 is 5.32 Å². The predicted octanol–water partition coefficient (Wildman–Crippen LogP) is 1.14. The molecular weight excluding hydrogens is 216 g/mol. The molecule has 2 atom stereocenters. The van der Waals surface area contributed by atoms with Crippen molar-refractivity contribution in [3.05, 3.63) is 0 Å². The number of hydrogen-bond donors (Lipinski definition) is 2. The van der Waals surface area contributed by atoms with Gasteiger partial charge in [-0.15, -0.1) is 0 Å². The Bertz CT molecular complexity index is 231. The van der Waals surface area contributed by atoms with Crippen LogP contribution in [0.3, 0.4) is 0 Å². The van der Waals surface area contributed by atoms with Gasteiger partial charge in [-0.2, -0.15) is 0 Å². The van der Waals surface area contributed by atoms with Crippen LogP contribution in [0.1, 0.15) is 46.0 Å². The standard InChI is InChI=1S/C13H26N2O2/c1-3-11(2)14-13(17)10-15-8-5-4-6-12(15)7-9-16/h11-12,16H,3-10H2,1-2H3,(H,14,17). The summed E-state index contributed by atoms with van der Waals surface area (Å²) in [5.41, 5.74) is 0. The van der Waals surface area contributed by atoms with Gasteiger partial charge in [0.2, 0.25) is 5.91 Å². The highest BCUT2D eigenvalue weighted by atomic mass is 16.3. The van der Waals surface area contributed by atoms with Crippen LogP contribution in [0.5, 0.6) is 0 Å². The Hall–Kier alpha value is -0.610. The first-order valence-electron chi connectivity index (χ1n) is 6.81. The second-order valence-electron chi connectivity index (χ2n) is 5.01. The zero-order valence-corrected chi connectivity index (χ0v) is 11.1. The molecule has 1 aliphatic rings. The van der Waals surface area contributed by atoms with Crippen molar-refractivity contribution in [1.82, 2.24) is 10.2 Å². The van der Waals surface area contributed by atoms with Gasteiger partial charge >= 0.3 is 0 Å². The molecule has 2 N–H and O–H groups in total. The lowest BCUT2D eigenvalue weighted by Gasteiger charge is -2.35. The first-order valence-corrected chi connectivity index (χ1v) is 6.81. The van der Waals surface area contributed by atoms with Crippen molar-refractivity contribution in [3.8, 4) is 0 Å². The first kappa shape index (κ1) is 14.5. The molecule has 1 amide bonds. The van der Waals surface area contributed by atoms with E-state index in [0.29, 0.717) is 12.6 Å². The fraction of sp³-hybridized carbons (Fsp3) is 0.923. The van der Waals surface area contributed by atoms with Crippen molar-refractivity contribution in [2.45, 2.75) is 58.0 Å². The Morgan fingerprint density at radius 1 is 1.53 bits per heavy atom. The van der Waals surface area contributed by atoms with E-state index in [2.05, 4.69) is 17.1 Å². The Morgan fingerprint density at radius 2 is 2.29 bits per heavy atom. The number of likely N-dealkylation sites (tertiary alicyclic amines) is 1. The van der Waals surface area contributed by atoms with Gasteiger partial charge < -0.3 is 10.4 Å². The molecule has 4 heteroatoms. The normalized spacial score (nSPS) is 23.4. The summed E-state index contributed by atoms with van der Waals surface area (Å²) in [5.74, 6) is 0.115. The molecule has 1 aliphatic heterocycles. The average Bonchev–Trinajstić information content (AvgIpc) is 2.31. The third-order valence-electron chi connectivity index (χ3n) is 3.58. The highest BCUT2D eigenvalue weighted by molar-refractivity contribution is 5.78. The molecule has 0 bridgehead atoms. The van der Waals surface area contributed by atoms with E-state index in [-0.39, 0.29) is 18.6 Å². The minimum absolute atomic E-state index is 0.115. The summed E-state index contributed by atoms with van der Waals surface area (Å²) in [5, 5.41) is 12.0. The molecule has 1 rings (SSSR count). The van der Waals surface area contributed by atoms with Crippen LogP contribution in [-0.2, 0) is 4.79 Å². The van der Waals surface area contributed by atoms with Gasteiger partial charge in [0.25, 0.3) is 0 Å². The maximum atomic E-state index is 11.8. The van der Waals surface area contributed by atoms with Crippen LogP contribution in [-0.4, -0.2) is 47.7 Å². The average molecular weight is 242 g/mol. The molecule has 4 nitrogen and oxygen atoms in total. The third-order valence-corrected chi connectivity index (χ3v) is 3.58. The molecule has 0 aromatic rings. The van der Waals surface area contributed by atoms with Crippen molar-refractivity contribution in [2.24, 2.45) is 0 Å². The van der Waals surface area contributed by atoms with E-state index in [4.69, 9.17) is 5.11 Å².